The largest absolute Gasteiger partial charge is 0.351 e. The number of Topliss-reactive ketones (excluding diaryl/α,β-unsaturated/α-hetero) is 1. The molecule has 1 fully saturated rings. The molecular formula is C30H26N2O2S. The van der Waals surface area contributed by atoms with E-state index in [1.54, 1.807) is 0 Å². The smallest absolute Gasteiger partial charge is 0.286 e. The number of rotatable bonds is 6. The molecule has 3 aromatic carbocycles. The van der Waals surface area contributed by atoms with Gasteiger partial charge < -0.3 is 4.90 Å². The number of ketones is 1. The summed E-state index contributed by atoms with van der Waals surface area (Å²) in [5.74, 6) is -0.175. The molecule has 0 aliphatic carbocycles. The number of hydrogen-bond donors (Lipinski definition) is 0. The minimum Gasteiger partial charge on any atom is -0.351 e. The first-order chi connectivity index (χ1) is 17.2. The summed E-state index contributed by atoms with van der Waals surface area (Å²) in [7, 11) is 0. The van der Waals surface area contributed by atoms with Gasteiger partial charge in [-0.3, -0.25) is 9.59 Å². The van der Waals surface area contributed by atoms with Gasteiger partial charge in [-0.05, 0) is 47.4 Å². The fraction of sp³-hybridized carbons (Fsp3) is 0.167. The van der Waals surface area contributed by atoms with Crippen LogP contribution < -0.4 is 0 Å². The van der Waals surface area contributed by atoms with E-state index in [1.165, 1.54) is 11.8 Å². The zero-order valence-corrected chi connectivity index (χ0v) is 20.2. The van der Waals surface area contributed by atoms with Gasteiger partial charge in [0.15, 0.2) is 11.0 Å². The molecule has 1 saturated heterocycles. The number of amidine groups is 1. The lowest BCUT2D eigenvalue weighted by atomic mass is 9.93. The van der Waals surface area contributed by atoms with E-state index >= 15 is 0 Å². The molecule has 0 atom stereocenters. The number of carbonyl (C=O) groups excluding carboxylic acids is 2. The molecule has 5 rings (SSSR count). The monoisotopic (exact) mass is 478 g/mol. The molecule has 0 aromatic heterocycles. The number of amides is 1. The fourth-order valence-electron chi connectivity index (χ4n) is 4.37. The van der Waals surface area contributed by atoms with E-state index in [4.69, 9.17) is 0 Å². The zero-order valence-electron chi connectivity index (χ0n) is 19.4. The van der Waals surface area contributed by atoms with Gasteiger partial charge in [0, 0.05) is 30.6 Å². The third kappa shape index (κ3) is 5.36. The van der Waals surface area contributed by atoms with Crippen LogP contribution in [-0.4, -0.2) is 34.8 Å². The Balaban J connectivity index is 1.59. The van der Waals surface area contributed by atoms with Crippen molar-refractivity contribution in [2.24, 2.45) is 4.99 Å². The molecule has 2 aliphatic heterocycles. The van der Waals surface area contributed by atoms with Crippen LogP contribution in [0.1, 0.15) is 40.7 Å². The Labute approximate surface area is 210 Å². The fourth-order valence-corrected chi connectivity index (χ4v) is 5.41. The van der Waals surface area contributed by atoms with Gasteiger partial charge >= 0.3 is 0 Å². The van der Waals surface area contributed by atoms with Crippen LogP contribution in [0.3, 0.4) is 0 Å². The highest BCUT2D eigenvalue weighted by molar-refractivity contribution is 8.18. The highest BCUT2D eigenvalue weighted by atomic mass is 32.2. The first-order valence-corrected chi connectivity index (χ1v) is 12.7. The van der Waals surface area contributed by atoms with Crippen LogP contribution in [-0.2, 0) is 4.79 Å². The Bertz CT molecular complexity index is 1310. The van der Waals surface area contributed by atoms with E-state index in [-0.39, 0.29) is 18.1 Å². The second kappa shape index (κ2) is 10.7. The van der Waals surface area contributed by atoms with E-state index in [2.05, 4.69) is 9.89 Å². The topological polar surface area (TPSA) is 49.7 Å². The van der Waals surface area contributed by atoms with Crippen molar-refractivity contribution in [3.05, 3.63) is 119 Å². The highest BCUT2D eigenvalue weighted by Gasteiger charge is 2.30. The predicted octanol–water partition coefficient (Wildman–Crippen LogP) is 6.48. The maximum Gasteiger partial charge on any atom is 0.286 e. The maximum absolute atomic E-state index is 13.2. The van der Waals surface area contributed by atoms with Gasteiger partial charge in [-0.1, -0.05) is 91.0 Å². The average Bonchev–Trinajstić information content (AvgIpc) is 3.58. The number of nitrogens with zero attached hydrogens (tertiary/aromatic N) is 2. The maximum atomic E-state index is 13.2. The van der Waals surface area contributed by atoms with Gasteiger partial charge in [-0.2, -0.15) is 4.99 Å². The Morgan fingerprint density at radius 2 is 1.34 bits per heavy atom. The van der Waals surface area contributed by atoms with E-state index in [0.717, 1.165) is 53.4 Å². The Morgan fingerprint density at radius 1 is 0.800 bits per heavy atom. The van der Waals surface area contributed by atoms with Crippen LogP contribution >= 0.6 is 11.8 Å². The molecule has 0 unspecified atom stereocenters. The SMILES string of the molecule is O=C1N=C(N2CCCC2)SC1=C(C=C(CC(=O)c1ccccc1)c1ccccc1)c1ccccc1. The van der Waals surface area contributed by atoms with Crippen molar-refractivity contribution >= 4 is 39.8 Å². The standard InChI is InChI=1S/C30H26N2O2S/c33-27(24-16-8-3-9-17-24)21-25(22-12-4-1-5-13-22)20-26(23-14-6-2-7-15-23)28-29(34)31-30(35-28)32-18-10-11-19-32/h1-9,12-17,20H,10-11,18-19,21H2. The van der Waals surface area contributed by atoms with Gasteiger partial charge in [0.05, 0.1) is 4.91 Å². The third-order valence-corrected chi connectivity index (χ3v) is 7.33. The van der Waals surface area contributed by atoms with Crippen LogP contribution in [0.15, 0.2) is 107 Å². The number of allylic oxidation sites excluding steroid dienone is 3. The van der Waals surface area contributed by atoms with Crippen molar-refractivity contribution in [2.45, 2.75) is 19.3 Å². The lowest BCUT2D eigenvalue weighted by molar-refractivity contribution is -0.113. The van der Waals surface area contributed by atoms with Crippen molar-refractivity contribution in [3.8, 4) is 0 Å². The Hall–Kier alpha value is -3.70. The van der Waals surface area contributed by atoms with E-state index in [9.17, 15) is 9.59 Å². The van der Waals surface area contributed by atoms with Crippen LogP contribution in [0.4, 0.5) is 0 Å². The molecule has 0 N–H and O–H groups in total. The second-order valence-electron chi connectivity index (χ2n) is 8.61. The summed E-state index contributed by atoms with van der Waals surface area (Å²) in [6.45, 7) is 1.87. The van der Waals surface area contributed by atoms with Crippen LogP contribution in [0.25, 0.3) is 11.1 Å². The summed E-state index contributed by atoms with van der Waals surface area (Å²) in [5, 5.41) is 0.783. The number of hydrogen-bond acceptors (Lipinski definition) is 4. The minimum atomic E-state index is -0.214. The van der Waals surface area contributed by atoms with Crippen molar-refractivity contribution in [1.82, 2.24) is 4.90 Å². The molecule has 2 aliphatic rings. The van der Waals surface area contributed by atoms with Gasteiger partial charge in [0.1, 0.15) is 0 Å². The lowest BCUT2D eigenvalue weighted by Gasteiger charge is -2.16. The molecule has 1 amide bonds. The van der Waals surface area contributed by atoms with Crippen LogP contribution in [0.5, 0.6) is 0 Å². The summed E-state index contributed by atoms with van der Waals surface area (Å²) in [4.78, 5) is 33.5. The molecular weight excluding hydrogens is 452 g/mol. The van der Waals surface area contributed by atoms with Gasteiger partial charge in [-0.15, -0.1) is 0 Å². The Morgan fingerprint density at radius 3 is 1.94 bits per heavy atom. The van der Waals surface area contributed by atoms with Gasteiger partial charge in [0.2, 0.25) is 0 Å². The van der Waals surface area contributed by atoms with Gasteiger partial charge in [0.25, 0.3) is 5.91 Å². The van der Waals surface area contributed by atoms with Crippen molar-refractivity contribution in [2.75, 3.05) is 13.1 Å². The molecule has 174 valence electrons. The first kappa shape index (κ1) is 23.1. The number of aliphatic imine (C=N–C) groups is 1. The molecule has 5 heteroatoms. The number of carbonyl (C=O) groups is 2. The van der Waals surface area contributed by atoms with Crippen molar-refractivity contribution in [3.63, 3.8) is 0 Å². The minimum absolute atomic E-state index is 0.0394. The molecule has 0 spiro atoms. The quantitative estimate of drug-likeness (QED) is 0.301. The van der Waals surface area contributed by atoms with Crippen molar-refractivity contribution < 1.29 is 9.59 Å². The molecule has 0 saturated carbocycles. The molecule has 2 heterocycles. The van der Waals surface area contributed by atoms with Gasteiger partial charge in [-0.25, -0.2) is 0 Å². The summed E-state index contributed by atoms with van der Waals surface area (Å²) in [6, 6.07) is 29.1. The summed E-state index contributed by atoms with van der Waals surface area (Å²) in [6.07, 6.45) is 4.49. The molecule has 4 nitrogen and oxygen atoms in total. The average molecular weight is 479 g/mol. The van der Waals surface area contributed by atoms with Crippen LogP contribution in [0.2, 0.25) is 0 Å². The Kier molecular flexibility index (Phi) is 7.05. The first-order valence-electron chi connectivity index (χ1n) is 11.9. The zero-order chi connectivity index (χ0) is 24.0. The number of likely N-dealkylation sites (tertiary alicyclic amines) is 1. The molecule has 35 heavy (non-hydrogen) atoms. The normalized spacial score (nSPS) is 17.5. The summed E-state index contributed by atoms with van der Waals surface area (Å²) >= 11 is 1.45. The highest BCUT2D eigenvalue weighted by Crippen LogP contribution is 2.38. The van der Waals surface area contributed by atoms with E-state index < -0.39 is 0 Å². The van der Waals surface area contributed by atoms with E-state index in [0.29, 0.717) is 10.5 Å². The number of thioether (sulfide) groups is 1. The summed E-state index contributed by atoms with van der Waals surface area (Å²) < 4.78 is 0. The predicted molar refractivity (Wildman–Crippen MR) is 144 cm³/mol. The molecule has 0 radical (unpaired) electrons. The van der Waals surface area contributed by atoms with Crippen LogP contribution in [0, 0.1) is 0 Å². The lowest BCUT2D eigenvalue weighted by Crippen LogP contribution is -2.23. The third-order valence-electron chi connectivity index (χ3n) is 6.20. The number of benzene rings is 3. The second-order valence-corrected chi connectivity index (χ2v) is 9.58. The molecule has 3 aromatic rings. The van der Waals surface area contributed by atoms with Crippen molar-refractivity contribution in [1.29, 1.82) is 0 Å². The summed E-state index contributed by atoms with van der Waals surface area (Å²) in [5.41, 5.74) is 4.24. The molecule has 0 bridgehead atoms. The van der Waals surface area contributed by atoms with E-state index in [1.807, 2.05) is 97.1 Å².